The molecule has 0 saturated carbocycles. The zero-order valence-electron chi connectivity index (χ0n) is 12.5. The summed E-state index contributed by atoms with van der Waals surface area (Å²) in [5, 5.41) is 6.90. The molecule has 0 fully saturated rings. The maximum absolute atomic E-state index is 12.3. The number of amides is 1. The summed E-state index contributed by atoms with van der Waals surface area (Å²) in [7, 11) is 0. The molecule has 0 aliphatic carbocycles. The van der Waals surface area contributed by atoms with Gasteiger partial charge in [0.05, 0.1) is 5.41 Å². The molecular formula is C15H24Cl2N2O. The van der Waals surface area contributed by atoms with Crippen LogP contribution in [-0.4, -0.2) is 25.0 Å². The Hall–Kier alpha value is -0.770. The molecule has 0 aliphatic rings. The van der Waals surface area contributed by atoms with Gasteiger partial charge >= 0.3 is 0 Å². The number of nitrogens with one attached hydrogen (secondary N) is 2. The van der Waals surface area contributed by atoms with Crippen LogP contribution < -0.4 is 10.6 Å². The van der Waals surface area contributed by atoms with Gasteiger partial charge in [-0.1, -0.05) is 30.7 Å². The average Bonchev–Trinajstić information content (AvgIpc) is 2.36. The smallest absolute Gasteiger partial charge is 0.230 e. The van der Waals surface area contributed by atoms with Gasteiger partial charge in [-0.2, -0.15) is 0 Å². The number of hydrogen-bond acceptors (Lipinski definition) is 2. The number of carbonyl (C=O) groups is 1. The van der Waals surface area contributed by atoms with E-state index in [-0.39, 0.29) is 24.4 Å². The van der Waals surface area contributed by atoms with E-state index in [2.05, 4.69) is 17.6 Å². The van der Waals surface area contributed by atoms with E-state index in [0.29, 0.717) is 11.6 Å². The molecule has 1 rings (SSSR count). The van der Waals surface area contributed by atoms with Crippen LogP contribution in [0.3, 0.4) is 0 Å². The van der Waals surface area contributed by atoms with Crippen molar-refractivity contribution in [3.8, 4) is 0 Å². The molecule has 0 heterocycles. The molecule has 2 N–H and O–H groups in total. The summed E-state index contributed by atoms with van der Waals surface area (Å²) in [6.07, 6.45) is 0. The minimum absolute atomic E-state index is 0. The molecule has 114 valence electrons. The van der Waals surface area contributed by atoms with Gasteiger partial charge in [-0.3, -0.25) is 4.79 Å². The Kier molecular flexibility index (Phi) is 8.17. The second-order valence-corrected chi connectivity index (χ2v) is 5.74. The SMILES string of the molecule is CCN[C@H](C)CNC(=O)C(C)(C)c1cccc(Cl)c1.Cl. The van der Waals surface area contributed by atoms with Crippen LogP contribution in [0.15, 0.2) is 24.3 Å². The average molecular weight is 319 g/mol. The summed E-state index contributed by atoms with van der Waals surface area (Å²) < 4.78 is 0. The van der Waals surface area contributed by atoms with Crippen LogP contribution in [-0.2, 0) is 10.2 Å². The highest BCUT2D eigenvalue weighted by Crippen LogP contribution is 2.25. The first kappa shape index (κ1) is 19.2. The lowest BCUT2D eigenvalue weighted by Crippen LogP contribution is -2.45. The predicted octanol–water partition coefficient (Wildman–Crippen LogP) is 3.15. The van der Waals surface area contributed by atoms with Gasteiger partial charge in [0.15, 0.2) is 0 Å². The molecule has 0 bridgehead atoms. The third-order valence-corrected chi connectivity index (χ3v) is 3.47. The molecule has 0 unspecified atom stereocenters. The number of carbonyl (C=O) groups excluding carboxylic acids is 1. The van der Waals surface area contributed by atoms with E-state index in [1.807, 2.05) is 45.0 Å². The van der Waals surface area contributed by atoms with Crippen molar-refractivity contribution in [2.24, 2.45) is 0 Å². The summed E-state index contributed by atoms with van der Waals surface area (Å²) in [5.41, 5.74) is 0.338. The van der Waals surface area contributed by atoms with Crippen LogP contribution in [0.1, 0.15) is 33.3 Å². The topological polar surface area (TPSA) is 41.1 Å². The van der Waals surface area contributed by atoms with Crippen molar-refractivity contribution >= 4 is 29.9 Å². The second kappa shape index (κ2) is 8.50. The molecular weight excluding hydrogens is 295 g/mol. The van der Waals surface area contributed by atoms with Gasteiger partial charge in [0.2, 0.25) is 5.91 Å². The zero-order chi connectivity index (χ0) is 14.5. The van der Waals surface area contributed by atoms with E-state index >= 15 is 0 Å². The molecule has 0 aromatic heterocycles. The van der Waals surface area contributed by atoms with Crippen molar-refractivity contribution in [3.63, 3.8) is 0 Å². The summed E-state index contributed by atoms with van der Waals surface area (Å²) in [4.78, 5) is 12.3. The third kappa shape index (κ3) is 5.31. The third-order valence-electron chi connectivity index (χ3n) is 3.24. The summed E-state index contributed by atoms with van der Waals surface area (Å²) >= 11 is 5.98. The first-order chi connectivity index (χ1) is 8.87. The number of likely N-dealkylation sites (N-methyl/N-ethyl adjacent to an activating group) is 1. The highest BCUT2D eigenvalue weighted by Gasteiger charge is 2.29. The normalized spacial score (nSPS) is 12.4. The molecule has 20 heavy (non-hydrogen) atoms. The second-order valence-electron chi connectivity index (χ2n) is 5.30. The standard InChI is InChI=1S/C15H23ClN2O.ClH/c1-5-17-11(2)10-18-14(19)15(3,4)12-7-6-8-13(16)9-12;/h6-9,11,17H,5,10H2,1-4H3,(H,18,19);1H/t11-;/m1./s1. The molecule has 1 amide bonds. The zero-order valence-corrected chi connectivity index (χ0v) is 14.1. The van der Waals surface area contributed by atoms with Gasteiger partial charge in [-0.05, 0) is 45.0 Å². The monoisotopic (exact) mass is 318 g/mol. The van der Waals surface area contributed by atoms with E-state index in [9.17, 15) is 4.79 Å². The molecule has 0 radical (unpaired) electrons. The number of benzene rings is 1. The molecule has 0 saturated heterocycles. The van der Waals surface area contributed by atoms with Crippen molar-refractivity contribution in [2.45, 2.75) is 39.2 Å². The van der Waals surface area contributed by atoms with Crippen LogP contribution in [0.2, 0.25) is 5.02 Å². The minimum Gasteiger partial charge on any atom is -0.354 e. The minimum atomic E-state index is -0.586. The Morgan fingerprint density at radius 2 is 2.05 bits per heavy atom. The number of hydrogen-bond donors (Lipinski definition) is 2. The van der Waals surface area contributed by atoms with Crippen molar-refractivity contribution < 1.29 is 4.79 Å². The molecule has 1 aromatic carbocycles. The Bertz CT molecular complexity index is 436. The van der Waals surface area contributed by atoms with Crippen LogP contribution in [0.5, 0.6) is 0 Å². The van der Waals surface area contributed by atoms with E-state index in [1.54, 1.807) is 0 Å². The first-order valence-corrected chi connectivity index (χ1v) is 7.03. The molecule has 1 atom stereocenters. The predicted molar refractivity (Wildman–Crippen MR) is 87.9 cm³/mol. The highest BCUT2D eigenvalue weighted by atomic mass is 35.5. The van der Waals surface area contributed by atoms with Gasteiger partial charge in [-0.15, -0.1) is 12.4 Å². The lowest BCUT2D eigenvalue weighted by molar-refractivity contribution is -0.125. The lowest BCUT2D eigenvalue weighted by atomic mass is 9.83. The van der Waals surface area contributed by atoms with Gasteiger partial charge < -0.3 is 10.6 Å². The molecule has 0 spiro atoms. The first-order valence-electron chi connectivity index (χ1n) is 6.65. The van der Waals surface area contributed by atoms with Crippen LogP contribution in [0.25, 0.3) is 0 Å². The van der Waals surface area contributed by atoms with E-state index < -0.39 is 5.41 Å². The van der Waals surface area contributed by atoms with E-state index in [4.69, 9.17) is 11.6 Å². The number of halogens is 2. The molecule has 0 aliphatic heterocycles. The lowest BCUT2D eigenvalue weighted by Gasteiger charge is -2.25. The van der Waals surface area contributed by atoms with Gasteiger partial charge in [0.1, 0.15) is 0 Å². The molecule has 3 nitrogen and oxygen atoms in total. The van der Waals surface area contributed by atoms with Crippen molar-refractivity contribution in [2.75, 3.05) is 13.1 Å². The van der Waals surface area contributed by atoms with Gasteiger partial charge in [0, 0.05) is 17.6 Å². The summed E-state index contributed by atoms with van der Waals surface area (Å²) in [5.74, 6) is 0.0134. The molecule has 5 heteroatoms. The number of rotatable bonds is 6. The highest BCUT2D eigenvalue weighted by molar-refractivity contribution is 6.30. The Morgan fingerprint density at radius 1 is 1.40 bits per heavy atom. The van der Waals surface area contributed by atoms with Crippen molar-refractivity contribution in [3.05, 3.63) is 34.9 Å². The molecule has 1 aromatic rings. The Balaban J connectivity index is 0.00000361. The quantitative estimate of drug-likeness (QED) is 0.846. The van der Waals surface area contributed by atoms with Crippen LogP contribution in [0.4, 0.5) is 0 Å². The maximum atomic E-state index is 12.3. The van der Waals surface area contributed by atoms with Crippen molar-refractivity contribution in [1.82, 2.24) is 10.6 Å². The fraction of sp³-hybridized carbons (Fsp3) is 0.533. The van der Waals surface area contributed by atoms with Gasteiger partial charge in [0.25, 0.3) is 0 Å². The summed E-state index contributed by atoms with van der Waals surface area (Å²) in [6.45, 7) is 9.44. The van der Waals surface area contributed by atoms with E-state index in [0.717, 1.165) is 12.1 Å². The Morgan fingerprint density at radius 3 is 2.60 bits per heavy atom. The Labute approximate surface area is 132 Å². The van der Waals surface area contributed by atoms with E-state index in [1.165, 1.54) is 0 Å². The van der Waals surface area contributed by atoms with Crippen LogP contribution in [0, 0.1) is 0 Å². The van der Waals surface area contributed by atoms with Gasteiger partial charge in [-0.25, -0.2) is 0 Å². The summed E-state index contributed by atoms with van der Waals surface area (Å²) in [6, 6.07) is 7.72. The fourth-order valence-corrected chi connectivity index (χ4v) is 2.09. The maximum Gasteiger partial charge on any atom is 0.230 e. The van der Waals surface area contributed by atoms with Crippen LogP contribution >= 0.6 is 24.0 Å². The fourth-order valence-electron chi connectivity index (χ4n) is 1.90. The largest absolute Gasteiger partial charge is 0.354 e. The van der Waals surface area contributed by atoms with Crippen molar-refractivity contribution in [1.29, 1.82) is 0 Å².